The molecule has 0 aliphatic carbocycles. The minimum absolute atomic E-state index is 0.340. The van der Waals surface area contributed by atoms with Crippen LogP contribution in [0.2, 0.25) is 0 Å². The smallest absolute Gasteiger partial charge is 0.0410 e. The first-order valence-electron chi connectivity index (χ1n) is 7.09. The molecule has 0 bridgehead atoms. The molecule has 3 heteroatoms. The Morgan fingerprint density at radius 2 is 2.05 bits per heavy atom. The normalized spacial score (nSPS) is 12.3. The molecule has 0 spiro atoms. The molecule has 20 heavy (non-hydrogen) atoms. The van der Waals surface area contributed by atoms with Crippen molar-refractivity contribution in [2.24, 2.45) is 0 Å². The van der Waals surface area contributed by atoms with E-state index in [2.05, 4.69) is 70.4 Å². The van der Waals surface area contributed by atoms with Gasteiger partial charge in [0.25, 0.3) is 0 Å². The van der Waals surface area contributed by atoms with Gasteiger partial charge in [-0.05, 0) is 65.0 Å². The molecule has 106 valence electrons. The molecule has 1 aromatic heterocycles. The van der Waals surface area contributed by atoms with Gasteiger partial charge in [0.15, 0.2) is 0 Å². The molecule has 1 unspecified atom stereocenters. The first kappa shape index (κ1) is 15.2. The van der Waals surface area contributed by atoms with E-state index >= 15 is 0 Å². The third-order valence-corrected chi connectivity index (χ3v) is 3.84. The number of hydrogen-bond acceptors (Lipinski definition) is 2. The van der Waals surface area contributed by atoms with Crippen LogP contribution < -0.4 is 5.32 Å². The van der Waals surface area contributed by atoms with E-state index in [-0.39, 0.29) is 0 Å². The Labute approximate surface area is 129 Å². The van der Waals surface area contributed by atoms with Crippen molar-refractivity contribution in [3.8, 4) is 0 Å². The van der Waals surface area contributed by atoms with Gasteiger partial charge in [0, 0.05) is 22.9 Å². The fourth-order valence-electron chi connectivity index (χ4n) is 2.39. The van der Waals surface area contributed by atoms with Crippen molar-refractivity contribution < 1.29 is 0 Å². The van der Waals surface area contributed by atoms with Crippen LogP contribution in [-0.2, 0) is 6.42 Å². The maximum absolute atomic E-state index is 4.26. The molecule has 0 saturated carbocycles. The lowest BCUT2D eigenvalue weighted by Crippen LogP contribution is -2.24. The Morgan fingerprint density at radius 1 is 1.25 bits per heavy atom. The van der Waals surface area contributed by atoms with Gasteiger partial charge in [0.1, 0.15) is 0 Å². The third-order valence-electron chi connectivity index (χ3n) is 3.41. The zero-order valence-electron chi connectivity index (χ0n) is 12.1. The Morgan fingerprint density at radius 3 is 2.75 bits per heavy atom. The quantitative estimate of drug-likeness (QED) is 0.846. The second-order valence-corrected chi connectivity index (χ2v) is 5.99. The van der Waals surface area contributed by atoms with Crippen molar-refractivity contribution in [2.75, 3.05) is 6.54 Å². The molecule has 1 heterocycles. The van der Waals surface area contributed by atoms with Crippen molar-refractivity contribution in [1.29, 1.82) is 0 Å². The minimum Gasteiger partial charge on any atom is -0.310 e. The Kier molecular flexibility index (Phi) is 5.74. The zero-order chi connectivity index (χ0) is 14.4. The highest BCUT2D eigenvalue weighted by atomic mass is 79.9. The predicted molar refractivity (Wildman–Crippen MR) is 87.9 cm³/mol. The molecule has 1 atom stereocenters. The van der Waals surface area contributed by atoms with Crippen LogP contribution in [0, 0.1) is 6.92 Å². The summed E-state index contributed by atoms with van der Waals surface area (Å²) in [6.07, 6.45) is 5.87. The van der Waals surface area contributed by atoms with E-state index in [9.17, 15) is 0 Å². The van der Waals surface area contributed by atoms with Crippen LogP contribution >= 0.6 is 15.9 Å². The second kappa shape index (κ2) is 7.55. The standard InChI is InChI=1S/C17H21BrN2/c1-3-8-20-17(16-7-5-4-6-13(16)2)10-14-9-15(18)12-19-11-14/h4-7,9,11-12,17,20H,3,8,10H2,1-2H3. The van der Waals surface area contributed by atoms with Gasteiger partial charge >= 0.3 is 0 Å². The van der Waals surface area contributed by atoms with Crippen LogP contribution in [0.4, 0.5) is 0 Å². The summed E-state index contributed by atoms with van der Waals surface area (Å²) in [5, 5.41) is 3.65. The second-order valence-electron chi connectivity index (χ2n) is 5.08. The summed E-state index contributed by atoms with van der Waals surface area (Å²) >= 11 is 3.49. The number of aryl methyl sites for hydroxylation is 1. The number of hydrogen-bond donors (Lipinski definition) is 1. The fraction of sp³-hybridized carbons (Fsp3) is 0.353. The molecule has 1 N–H and O–H groups in total. The SMILES string of the molecule is CCCNC(Cc1cncc(Br)c1)c1ccccc1C. The minimum atomic E-state index is 0.340. The van der Waals surface area contributed by atoms with Gasteiger partial charge in [0.05, 0.1) is 0 Å². The molecule has 2 rings (SSSR count). The van der Waals surface area contributed by atoms with Gasteiger partial charge < -0.3 is 5.32 Å². The summed E-state index contributed by atoms with van der Waals surface area (Å²) in [6.45, 7) is 5.40. The number of benzene rings is 1. The zero-order valence-corrected chi connectivity index (χ0v) is 13.7. The molecule has 2 aromatic rings. The monoisotopic (exact) mass is 332 g/mol. The third kappa shape index (κ3) is 4.15. The van der Waals surface area contributed by atoms with Crippen molar-refractivity contribution in [3.05, 3.63) is 63.9 Å². The Hall–Kier alpha value is -1.19. The number of aromatic nitrogens is 1. The van der Waals surface area contributed by atoms with Gasteiger partial charge in [-0.3, -0.25) is 4.98 Å². The molecular formula is C17H21BrN2. The molecule has 0 fully saturated rings. The largest absolute Gasteiger partial charge is 0.310 e. The summed E-state index contributed by atoms with van der Waals surface area (Å²) < 4.78 is 1.04. The lowest BCUT2D eigenvalue weighted by molar-refractivity contribution is 0.526. The number of halogens is 1. The number of nitrogens with one attached hydrogen (secondary N) is 1. The molecule has 0 radical (unpaired) electrons. The molecule has 0 amide bonds. The van der Waals surface area contributed by atoms with Crippen molar-refractivity contribution in [2.45, 2.75) is 32.7 Å². The summed E-state index contributed by atoms with van der Waals surface area (Å²) in [7, 11) is 0. The van der Waals surface area contributed by atoms with Crippen LogP contribution in [0.3, 0.4) is 0 Å². The average Bonchev–Trinajstić information content (AvgIpc) is 2.44. The van der Waals surface area contributed by atoms with E-state index in [0.717, 1.165) is 23.9 Å². The van der Waals surface area contributed by atoms with Crippen LogP contribution in [0.15, 0.2) is 47.2 Å². The van der Waals surface area contributed by atoms with Crippen molar-refractivity contribution in [1.82, 2.24) is 10.3 Å². The van der Waals surface area contributed by atoms with Gasteiger partial charge in [-0.25, -0.2) is 0 Å². The van der Waals surface area contributed by atoms with Gasteiger partial charge in [-0.1, -0.05) is 31.2 Å². The maximum Gasteiger partial charge on any atom is 0.0410 e. The first-order valence-corrected chi connectivity index (χ1v) is 7.88. The maximum atomic E-state index is 4.26. The Bertz CT molecular complexity index is 554. The van der Waals surface area contributed by atoms with Gasteiger partial charge in [0.2, 0.25) is 0 Å². The predicted octanol–water partition coefficient (Wildman–Crippen LogP) is 4.44. The number of rotatable bonds is 6. The van der Waals surface area contributed by atoms with Crippen LogP contribution in [-0.4, -0.2) is 11.5 Å². The lowest BCUT2D eigenvalue weighted by Gasteiger charge is -2.21. The van der Waals surface area contributed by atoms with E-state index in [1.165, 1.54) is 16.7 Å². The summed E-state index contributed by atoms with van der Waals surface area (Å²) in [4.78, 5) is 4.26. The molecule has 0 aliphatic heterocycles. The van der Waals surface area contributed by atoms with E-state index < -0.39 is 0 Å². The molecular weight excluding hydrogens is 312 g/mol. The highest BCUT2D eigenvalue weighted by molar-refractivity contribution is 9.10. The molecule has 0 aliphatic rings. The molecule has 1 aromatic carbocycles. The van der Waals surface area contributed by atoms with Crippen LogP contribution in [0.1, 0.15) is 36.1 Å². The van der Waals surface area contributed by atoms with E-state index in [1.807, 2.05) is 12.4 Å². The summed E-state index contributed by atoms with van der Waals surface area (Å²) in [5.41, 5.74) is 3.96. The van der Waals surface area contributed by atoms with Crippen molar-refractivity contribution in [3.63, 3.8) is 0 Å². The van der Waals surface area contributed by atoms with E-state index in [0.29, 0.717) is 6.04 Å². The Balaban J connectivity index is 2.22. The summed E-state index contributed by atoms with van der Waals surface area (Å²) in [6, 6.07) is 11.1. The van der Waals surface area contributed by atoms with E-state index in [4.69, 9.17) is 0 Å². The first-order chi connectivity index (χ1) is 9.70. The molecule has 2 nitrogen and oxygen atoms in total. The molecule has 0 saturated heterocycles. The fourth-order valence-corrected chi connectivity index (χ4v) is 2.80. The van der Waals surface area contributed by atoms with Crippen LogP contribution in [0.5, 0.6) is 0 Å². The highest BCUT2D eigenvalue weighted by Gasteiger charge is 2.13. The van der Waals surface area contributed by atoms with Crippen LogP contribution in [0.25, 0.3) is 0 Å². The highest BCUT2D eigenvalue weighted by Crippen LogP contribution is 2.22. The number of pyridine rings is 1. The van der Waals surface area contributed by atoms with Gasteiger partial charge in [-0.15, -0.1) is 0 Å². The van der Waals surface area contributed by atoms with Gasteiger partial charge in [-0.2, -0.15) is 0 Å². The number of nitrogens with zero attached hydrogens (tertiary/aromatic N) is 1. The summed E-state index contributed by atoms with van der Waals surface area (Å²) in [5.74, 6) is 0. The van der Waals surface area contributed by atoms with Crippen molar-refractivity contribution >= 4 is 15.9 Å². The topological polar surface area (TPSA) is 24.9 Å². The lowest BCUT2D eigenvalue weighted by atomic mass is 9.96. The van der Waals surface area contributed by atoms with E-state index in [1.54, 1.807) is 0 Å². The average molecular weight is 333 g/mol.